The zero-order valence-electron chi connectivity index (χ0n) is 17.7. The Bertz CT molecular complexity index is 1460. The van der Waals surface area contributed by atoms with Crippen molar-refractivity contribution in [1.82, 2.24) is 9.47 Å². The number of imide groups is 1. The van der Waals surface area contributed by atoms with Gasteiger partial charge in [0.15, 0.2) is 0 Å². The number of aromatic nitrogens is 1. The smallest absolute Gasteiger partial charge is 0.293 e. The summed E-state index contributed by atoms with van der Waals surface area (Å²) in [7, 11) is 0. The van der Waals surface area contributed by atoms with E-state index in [-0.39, 0.29) is 6.54 Å². The fraction of sp³-hybridized carbons (Fsp3) is 0.0769. The quantitative estimate of drug-likeness (QED) is 0.222. The second-order valence-corrected chi connectivity index (χ2v) is 10.7. The average molecular weight is 600 g/mol. The Balaban J connectivity index is 1.49. The Labute approximate surface area is 216 Å². The first-order valence-corrected chi connectivity index (χ1v) is 12.8. The zero-order chi connectivity index (χ0) is 23.8. The van der Waals surface area contributed by atoms with Crippen LogP contribution >= 0.6 is 43.6 Å². The number of hydrogen-bond acceptors (Lipinski definition) is 3. The summed E-state index contributed by atoms with van der Waals surface area (Å²) in [6, 6.07) is 20.3. The van der Waals surface area contributed by atoms with E-state index in [9.17, 15) is 14.0 Å². The second kappa shape index (κ2) is 9.52. The summed E-state index contributed by atoms with van der Waals surface area (Å²) in [6.07, 6.45) is 3.74. The van der Waals surface area contributed by atoms with Crippen LogP contribution < -0.4 is 0 Å². The van der Waals surface area contributed by atoms with Crippen LogP contribution in [0.3, 0.4) is 0 Å². The number of amides is 2. The first-order chi connectivity index (χ1) is 16.4. The third kappa shape index (κ3) is 4.62. The number of nitrogens with zero attached hydrogens (tertiary/aromatic N) is 2. The molecule has 4 aromatic rings. The molecule has 1 aromatic heterocycles. The number of hydrogen-bond donors (Lipinski definition) is 0. The highest BCUT2D eigenvalue weighted by molar-refractivity contribution is 9.10. The van der Waals surface area contributed by atoms with Gasteiger partial charge in [-0.05, 0) is 59.8 Å². The van der Waals surface area contributed by atoms with E-state index in [0.717, 1.165) is 47.6 Å². The van der Waals surface area contributed by atoms with Crippen LogP contribution in [0.25, 0.3) is 17.0 Å². The monoisotopic (exact) mass is 598 g/mol. The molecule has 1 saturated heterocycles. The van der Waals surface area contributed by atoms with Gasteiger partial charge in [-0.1, -0.05) is 62.2 Å². The van der Waals surface area contributed by atoms with Crippen LogP contribution in [-0.4, -0.2) is 20.6 Å². The molecule has 2 amide bonds. The van der Waals surface area contributed by atoms with Crippen molar-refractivity contribution in [3.8, 4) is 0 Å². The Morgan fingerprint density at radius 1 is 0.912 bits per heavy atom. The van der Waals surface area contributed by atoms with Gasteiger partial charge in [-0.2, -0.15) is 0 Å². The molecule has 8 heteroatoms. The molecule has 4 nitrogen and oxygen atoms in total. The number of carbonyl (C=O) groups is 2. The minimum Gasteiger partial charge on any atom is -0.342 e. The molecular formula is C26H17Br2FN2O2S. The molecule has 3 aromatic carbocycles. The minimum absolute atomic E-state index is 0.0917. The normalized spacial score (nSPS) is 15.1. The Kier molecular flexibility index (Phi) is 6.46. The maximum Gasteiger partial charge on any atom is 0.293 e. The molecule has 0 unspecified atom stereocenters. The van der Waals surface area contributed by atoms with Gasteiger partial charge in [0, 0.05) is 43.7 Å². The highest BCUT2D eigenvalue weighted by Crippen LogP contribution is 2.36. The molecule has 5 rings (SSSR count). The third-order valence-corrected chi connectivity index (χ3v) is 7.52. The molecule has 0 bridgehead atoms. The van der Waals surface area contributed by atoms with E-state index in [2.05, 4.69) is 48.6 Å². The van der Waals surface area contributed by atoms with E-state index >= 15 is 0 Å². The van der Waals surface area contributed by atoms with Crippen molar-refractivity contribution in [3.63, 3.8) is 0 Å². The lowest BCUT2D eigenvalue weighted by Crippen LogP contribution is -2.27. The van der Waals surface area contributed by atoms with Gasteiger partial charge < -0.3 is 4.57 Å². The lowest BCUT2D eigenvalue weighted by atomic mass is 10.1. The third-order valence-electron chi connectivity index (χ3n) is 5.59. The number of halogens is 3. The molecular weight excluding hydrogens is 583 g/mol. The molecule has 0 saturated carbocycles. The minimum atomic E-state index is -0.439. The Hall–Kier alpha value is -2.68. The van der Waals surface area contributed by atoms with E-state index < -0.39 is 17.0 Å². The van der Waals surface area contributed by atoms with Gasteiger partial charge in [-0.3, -0.25) is 14.5 Å². The Morgan fingerprint density at radius 2 is 1.65 bits per heavy atom. The van der Waals surface area contributed by atoms with Crippen LogP contribution in [0.4, 0.5) is 9.18 Å². The summed E-state index contributed by atoms with van der Waals surface area (Å²) in [4.78, 5) is 27.0. The average Bonchev–Trinajstić information content (AvgIpc) is 3.28. The SMILES string of the molecule is O=C1S/C(=C\c2cn(Cc3ccc(Br)cc3)c3ccc(Br)cc23)C(=O)N1Cc1ccccc1F. The van der Waals surface area contributed by atoms with Crippen LogP contribution in [0.2, 0.25) is 0 Å². The maximum absolute atomic E-state index is 14.1. The molecule has 1 fully saturated rings. The molecule has 2 heterocycles. The van der Waals surface area contributed by atoms with Gasteiger partial charge in [-0.15, -0.1) is 0 Å². The van der Waals surface area contributed by atoms with Crippen molar-refractivity contribution in [2.24, 2.45) is 0 Å². The predicted octanol–water partition coefficient (Wildman–Crippen LogP) is 7.59. The first kappa shape index (κ1) is 23.1. The van der Waals surface area contributed by atoms with Crippen LogP contribution in [0.1, 0.15) is 16.7 Å². The van der Waals surface area contributed by atoms with E-state index in [1.165, 1.54) is 6.07 Å². The maximum atomic E-state index is 14.1. The molecule has 0 atom stereocenters. The highest BCUT2D eigenvalue weighted by Gasteiger charge is 2.35. The van der Waals surface area contributed by atoms with E-state index in [0.29, 0.717) is 17.0 Å². The largest absolute Gasteiger partial charge is 0.342 e. The topological polar surface area (TPSA) is 42.3 Å². The summed E-state index contributed by atoms with van der Waals surface area (Å²) in [5, 5.41) is 0.562. The number of rotatable bonds is 5. The summed E-state index contributed by atoms with van der Waals surface area (Å²) in [5.41, 5.74) is 3.30. The van der Waals surface area contributed by atoms with E-state index in [1.54, 1.807) is 24.3 Å². The Morgan fingerprint density at radius 3 is 2.41 bits per heavy atom. The van der Waals surface area contributed by atoms with Crippen LogP contribution in [0.15, 0.2) is 86.8 Å². The molecule has 0 N–H and O–H groups in total. The summed E-state index contributed by atoms with van der Waals surface area (Å²) in [6.45, 7) is 0.569. The number of thioether (sulfide) groups is 1. The lowest BCUT2D eigenvalue weighted by Gasteiger charge is -2.12. The van der Waals surface area contributed by atoms with Crippen LogP contribution in [-0.2, 0) is 17.9 Å². The van der Waals surface area contributed by atoms with Crippen LogP contribution in [0.5, 0.6) is 0 Å². The van der Waals surface area contributed by atoms with Crippen molar-refractivity contribution in [2.45, 2.75) is 13.1 Å². The molecule has 1 aliphatic rings. The number of fused-ring (bicyclic) bond motifs is 1. The van der Waals surface area contributed by atoms with Crippen molar-refractivity contribution < 1.29 is 14.0 Å². The van der Waals surface area contributed by atoms with Gasteiger partial charge in [0.05, 0.1) is 11.4 Å². The van der Waals surface area contributed by atoms with E-state index in [4.69, 9.17) is 0 Å². The molecule has 1 aliphatic heterocycles. The standard InChI is InChI=1S/C26H17Br2FN2O2S/c27-19-7-5-16(6-8-19)13-30-14-18(21-12-20(28)9-10-23(21)30)11-24-25(32)31(26(33)34-24)15-17-3-1-2-4-22(17)29/h1-12,14H,13,15H2/b24-11-. The summed E-state index contributed by atoms with van der Waals surface area (Å²) in [5.74, 6) is -0.853. The first-order valence-electron chi connectivity index (χ1n) is 10.4. The molecule has 0 spiro atoms. The second-order valence-electron chi connectivity index (χ2n) is 7.86. The van der Waals surface area contributed by atoms with Gasteiger partial charge in [0.1, 0.15) is 5.82 Å². The highest BCUT2D eigenvalue weighted by atomic mass is 79.9. The van der Waals surface area contributed by atoms with Crippen molar-refractivity contribution in [1.29, 1.82) is 0 Å². The van der Waals surface area contributed by atoms with Gasteiger partial charge in [0.25, 0.3) is 11.1 Å². The predicted molar refractivity (Wildman–Crippen MR) is 141 cm³/mol. The van der Waals surface area contributed by atoms with Gasteiger partial charge in [0.2, 0.25) is 0 Å². The van der Waals surface area contributed by atoms with Crippen molar-refractivity contribution in [3.05, 3.63) is 109 Å². The fourth-order valence-electron chi connectivity index (χ4n) is 3.90. The van der Waals surface area contributed by atoms with E-state index in [1.807, 2.05) is 36.5 Å². The van der Waals surface area contributed by atoms with Gasteiger partial charge in [-0.25, -0.2) is 4.39 Å². The molecule has 0 radical (unpaired) electrons. The summed E-state index contributed by atoms with van der Waals surface area (Å²) >= 11 is 7.88. The molecule has 34 heavy (non-hydrogen) atoms. The molecule has 0 aliphatic carbocycles. The number of benzene rings is 3. The van der Waals surface area contributed by atoms with Gasteiger partial charge >= 0.3 is 0 Å². The zero-order valence-corrected chi connectivity index (χ0v) is 21.7. The van der Waals surface area contributed by atoms with Crippen molar-refractivity contribution >= 4 is 71.7 Å². The van der Waals surface area contributed by atoms with Crippen LogP contribution in [0, 0.1) is 5.82 Å². The van der Waals surface area contributed by atoms with Crippen molar-refractivity contribution in [2.75, 3.05) is 0 Å². The lowest BCUT2D eigenvalue weighted by molar-refractivity contribution is -0.123. The summed E-state index contributed by atoms with van der Waals surface area (Å²) < 4.78 is 18.1. The number of carbonyl (C=O) groups excluding carboxylic acids is 2. The molecule has 170 valence electrons. The fourth-order valence-corrected chi connectivity index (χ4v) is 5.36.